The third kappa shape index (κ3) is 6.68. The predicted molar refractivity (Wildman–Crippen MR) is 149 cm³/mol. The molecule has 36 heavy (non-hydrogen) atoms. The van der Waals surface area contributed by atoms with Gasteiger partial charge in [-0.25, -0.2) is 4.39 Å². The van der Waals surface area contributed by atoms with Gasteiger partial charge in [0.15, 0.2) is 0 Å². The lowest BCUT2D eigenvalue weighted by Crippen LogP contribution is -2.19. The second kappa shape index (κ2) is 11.9. The van der Waals surface area contributed by atoms with Gasteiger partial charge in [-0.1, -0.05) is 69.5 Å². The molecule has 2 N–H and O–H groups in total. The zero-order valence-electron chi connectivity index (χ0n) is 18.5. The largest absolute Gasteiger partial charge is 0.322 e. The van der Waals surface area contributed by atoms with Crippen LogP contribution in [0.2, 0.25) is 10.0 Å². The summed E-state index contributed by atoms with van der Waals surface area (Å²) in [5.41, 5.74) is 1.74. The van der Waals surface area contributed by atoms with Crippen LogP contribution in [0, 0.1) is 5.82 Å². The quantitative estimate of drug-likeness (QED) is 0.208. The van der Waals surface area contributed by atoms with E-state index < -0.39 is 11.1 Å². The maximum atomic E-state index is 14.3. The molecule has 0 bridgehead atoms. The number of halogens is 4. The summed E-state index contributed by atoms with van der Waals surface area (Å²) in [6.07, 6.45) is 0. The van der Waals surface area contributed by atoms with Crippen LogP contribution < -0.4 is 10.6 Å². The van der Waals surface area contributed by atoms with Gasteiger partial charge in [-0.3, -0.25) is 9.59 Å². The number of rotatable bonds is 7. The van der Waals surface area contributed by atoms with Crippen molar-refractivity contribution in [3.05, 3.63) is 122 Å². The summed E-state index contributed by atoms with van der Waals surface area (Å²) in [5.74, 6) is -1.26. The van der Waals surface area contributed by atoms with E-state index in [0.29, 0.717) is 20.7 Å². The van der Waals surface area contributed by atoms with E-state index in [-0.39, 0.29) is 22.5 Å². The van der Waals surface area contributed by atoms with E-state index in [1.165, 1.54) is 30.0 Å². The average Bonchev–Trinajstić information content (AvgIpc) is 2.85. The van der Waals surface area contributed by atoms with Gasteiger partial charge >= 0.3 is 0 Å². The molecule has 0 spiro atoms. The SMILES string of the molecule is O=C(Nc1ccc(SC(C(=O)Nc2ccc(Br)cc2F)c2ccccc2)cc1)c1ccc(Cl)cc1Cl. The Balaban J connectivity index is 1.50. The van der Waals surface area contributed by atoms with Crippen molar-refractivity contribution in [3.63, 3.8) is 0 Å². The summed E-state index contributed by atoms with van der Waals surface area (Å²) in [6, 6.07) is 25.4. The fourth-order valence-electron chi connectivity index (χ4n) is 3.31. The summed E-state index contributed by atoms with van der Waals surface area (Å²) in [7, 11) is 0. The van der Waals surface area contributed by atoms with Crippen molar-refractivity contribution in [2.45, 2.75) is 10.1 Å². The lowest BCUT2D eigenvalue weighted by molar-refractivity contribution is -0.115. The Bertz CT molecular complexity index is 1410. The molecule has 0 heterocycles. The molecular formula is C27H18BrCl2FN2O2S. The topological polar surface area (TPSA) is 58.2 Å². The van der Waals surface area contributed by atoms with Crippen LogP contribution in [0.4, 0.5) is 15.8 Å². The number of carbonyl (C=O) groups is 2. The molecule has 2 amide bonds. The van der Waals surface area contributed by atoms with E-state index in [1.54, 1.807) is 42.5 Å². The number of hydrogen-bond acceptors (Lipinski definition) is 3. The molecule has 182 valence electrons. The first-order chi connectivity index (χ1) is 17.3. The van der Waals surface area contributed by atoms with E-state index in [4.69, 9.17) is 23.2 Å². The van der Waals surface area contributed by atoms with Crippen molar-refractivity contribution in [2.24, 2.45) is 0 Å². The Kier molecular flexibility index (Phi) is 8.69. The summed E-state index contributed by atoms with van der Waals surface area (Å²) < 4.78 is 14.9. The van der Waals surface area contributed by atoms with Crippen LogP contribution in [-0.2, 0) is 4.79 Å². The number of nitrogens with one attached hydrogen (secondary N) is 2. The highest BCUT2D eigenvalue weighted by atomic mass is 79.9. The number of carbonyl (C=O) groups excluding carboxylic acids is 2. The first-order valence-corrected chi connectivity index (χ1v) is 13.1. The van der Waals surface area contributed by atoms with E-state index >= 15 is 0 Å². The summed E-state index contributed by atoms with van der Waals surface area (Å²) in [4.78, 5) is 26.6. The van der Waals surface area contributed by atoms with E-state index in [2.05, 4.69) is 26.6 Å². The first kappa shape index (κ1) is 26.2. The number of benzene rings is 4. The number of hydrogen-bond donors (Lipinski definition) is 2. The third-order valence-corrected chi connectivity index (χ3v) is 7.38. The second-order valence-corrected chi connectivity index (χ2v) is 10.6. The maximum Gasteiger partial charge on any atom is 0.257 e. The molecule has 0 aromatic heterocycles. The first-order valence-electron chi connectivity index (χ1n) is 10.6. The number of amides is 2. The Labute approximate surface area is 230 Å². The Hall–Kier alpha value is -2.84. The predicted octanol–water partition coefficient (Wildman–Crippen LogP) is 8.62. The molecule has 9 heteroatoms. The van der Waals surface area contributed by atoms with Crippen LogP contribution in [0.25, 0.3) is 0 Å². The molecule has 4 nitrogen and oxygen atoms in total. The molecule has 4 rings (SSSR count). The van der Waals surface area contributed by atoms with Crippen molar-refractivity contribution in [2.75, 3.05) is 10.6 Å². The summed E-state index contributed by atoms with van der Waals surface area (Å²) in [6.45, 7) is 0. The highest BCUT2D eigenvalue weighted by Gasteiger charge is 2.23. The molecule has 0 saturated carbocycles. The highest BCUT2D eigenvalue weighted by Crippen LogP contribution is 2.37. The van der Waals surface area contributed by atoms with Gasteiger partial charge in [-0.05, 0) is 66.2 Å². The summed E-state index contributed by atoms with van der Waals surface area (Å²) in [5, 5.41) is 5.54. The normalized spacial score (nSPS) is 11.6. The van der Waals surface area contributed by atoms with Crippen molar-refractivity contribution >= 4 is 74.1 Å². The molecule has 0 radical (unpaired) electrons. The van der Waals surface area contributed by atoms with Gasteiger partial charge < -0.3 is 10.6 Å². The molecule has 1 atom stereocenters. The monoisotopic (exact) mass is 602 g/mol. The van der Waals surface area contributed by atoms with E-state index in [9.17, 15) is 14.0 Å². The van der Waals surface area contributed by atoms with Crippen LogP contribution in [0.1, 0.15) is 21.2 Å². The molecule has 0 aliphatic heterocycles. The van der Waals surface area contributed by atoms with E-state index in [1.807, 2.05) is 30.3 Å². The van der Waals surface area contributed by atoms with Crippen molar-refractivity contribution in [3.8, 4) is 0 Å². The molecule has 0 aliphatic rings. The fourth-order valence-corrected chi connectivity index (χ4v) is 5.17. The number of anilines is 2. The Morgan fingerprint density at radius 2 is 1.58 bits per heavy atom. The zero-order valence-corrected chi connectivity index (χ0v) is 22.4. The van der Waals surface area contributed by atoms with Crippen LogP contribution in [0.15, 0.2) is 100 Å². The minimum absolute atomic E-state index is 0.101. The highest BCUT2D eigenvalue weighted by molar-refractivity contribution is 9.10. The third-order valence-electron chi connectivity index (χ3n) is 5.07. The van der Waals surface area contributed by atoms with Crippen LogP contribution in [-0.4, -0.2) is 11.8 Å². The van der Waals surface area contributed by atoms with Gasteiger partial charge in [0.1, 0.15) is 11.1 Å². The van der Waals surface area contributed by atoms with Crippen molar-refractivity contribution < 1.29 is 14.0 Å². The lowest BCUT2D eigenvalue weighted by Gasteiger charge is -2.18. The van der Waals surface area contributed by atoms with Crippen molar-refractivity contribution in [1.82, 2.24) is 0 Å². The minimum atomic E-state index is -0.637. The fraction of sp³-hybridized carbons (Fsp3) is 0.0370. The van der Waals surface area contributed by atoms with Gasteiger partial charge in [0.05, 0.1) is 16.3 Å². The van der Waals surface area contributed by atoms with Crippen molar-refractivity contribution in [1.29, 1.82) is 0 Å². The zero-order chi connectivity index (χ0) is 25.7. The molecule has 1 unspecified atom stereocenters. The summed E-state index contributed by atoms with van der Waals surface area (Å²) >= 11 is 16.6. The van der Waals surface area contributed by atoms with Gasteiger partial charge in [-0.15, -0.1) is 11.8 Å². The van der Waals surface area contributed by atoms with Crippen LogP contribution in [0.3, 0.4) is 0 Å². The second-order valence-electron chi connectivity index (χ2n) is 7.62. The standard InChI is InChI=1S/C27H18BrCl2FN2O2S/c28-17-6-13-24(23(31)14-17)33-27(35)25(16-4-2-1-3-5-16)36-20-10-8-19(9-11-20)32-26(34)21-12-7-18(29)15-22(21)30/h1-15,25H,(H,32,34)(H,33,35). The molecule has 0 saturated heterocycles. The van der Waals surface area contributed by atoms with Gasteiger partial charge in [0.2, 0.25) is 5.91 Å². The van der Waals surface area contributed by atoms with Gasteiger partial charge in [0.25, 0.3) is 5.91 Å². The van der Waals surface area contributed by atoms with Gasteiger partial charge in [-0.2, -0.15) is 0 Å². The number of thioether (sulfide) groups is 1. The average molecular weight is 604 g/mol. The molecule has 4 aromatic rings. The maximum absolute atomic E-state index is 14.3. The minimum Gasteiger partial charge on any atom is -0.322 e. The molecular weight excluding hydrogens is 586 g/mol. The van der Waals surface area contributed by atoms with Crippen LogP contribution >= 0.6 is 50.9 Å². The molecule has 4 aromatic carbocycles. The van der Waals surface area contributed by atoms with E-state index in [0.717, 1.165) is 10.5 Å². The lowest BCUT2D eigenvalue weighted by atomic mass is 10.1. The smallest absolute Gasteiger partial charge is 0.257 e. The Morgan fingerprint density at radius 3 is 2.25 bits per heavy atom. The van der Waals surface area contributed by atoms with Gasteiger partial charge in [0, 0.05) is 20.1 Å². The Morgan fingerprint density at radius 1 is 0.861 bits per heavy atom. The van der Waals surface area contributed by atoms with Crippen LogP contribution in [0.5, 0.6) is 0 Å². The molecule has 0 fully saturated rings. The molecule has 0 aliphatic carbocycles.